The van der Waals surface area contributed by atoms with Crippen LogP contribution in [0.3, 0.4) is 0 Å². The zero-order valence-corrected chi connectivity index (χ0v) is 22.1. The molecule has 0 aromatic heterocycles. The van der Waals surface area contributed by atoms with Gasteiger partial charge in [0.15, 0.2) is 6.61 Å². The van der Waals surface area contributed by atoms with E-state index < -0.39 is 73.8 Å². The van der Waals surface area contributed by atoms with Crippen molar-refractivity contribution in [2.24, 2.45) is 22.6 Å². The van der Waals surface area contributed by atoms with E-state index in [0.29, 0.717) is 12.0 Å². The molecule has 2 aliphatic heterocycles. The van der Waals surface area contributed by atoms with Crippen molar-refractivity contribution in [2.45, 2.75) is 50.9 Å². The quantitative estimate of drug-likeness (QED) is 0.433. The van der Waals surface area contributed by atoms with E-state index in [1.165, 1.54) is 6.07 Å². The molecule has 13 heteroatoms. The molecule has 0 aliphatic carbocycles. The van der Waals surface area contributed by atoms with Gasteiger partial charge in [-0.15, -0.1) is 0 Å². The van der Waals surface area contributed by atoms with E-state index in [1.54, 1.807) is 49.4 Å². The molecule has 0 saturated heterocycles. The standard InChI is InChI=1S/C28H29F5N4O4/c1-2-7-17(23(34)38)18(12-13-28(31,32)33)25(39)36-24-26(40)37-14-27(29,30)15-41-20-11-6-10-19(22(20)37)21(35-24)16-8-4-3-5-9-16/h3-6,8-11,17-18,24H,2,7,12-15H2,1H3,(H2,34,38)(H,36,39). The number of aliphatic imine (C=N–C) groups is 1. The highest BCUT2D eigenvalue weighted by atomic mass is 19.4. The third-order valence-electron chi connectivity index (χ3n) is 6.96. The van der Waals surface area contributed by atoms with Crippen LogP contribution in [0.5, 0.6) is 5.75 Å². The molecular weight excluding hydrogens is 551 g/mol. The lowest BCUT2D eigenvalue weighted by Gasteiger charge is -2.28. The fraction of sp³-hybridized carbons (Fsp3) is 0.429. The number of nitrogens with one attached hydrogen (secondary N) is 1. The van der Waals surface area contributed by atoms with Crippen LogP contribution in [0.15, 0.2) is 53.5 Å². The van der Waals surface area contributed by atoms with E-state index in [4.69, 9.17) is 10.5 Å². The average Bonchev–Trinajstić information content (AvgIpc) is 3.12. The van der Waals surface area contributed by atoms with Gasteiger partial charge in [0.05, 0.1) is 17.9 Å². The molecule has 0 bridgehead atoms. The summed E-state index contributed by atoms with van der Waals surface area (Å²) in [4.78, 5) is 44.7. The normalized spacial score (nSPS) is 19.6. The van der Waals surface area contributed by atoms with Crippen LogP contribution < -0.4 is 20.7 Å². The maximum absolute atomic E-state index is 14.8. The first-order valence-electron chi connectivity index (χ1n) is 13.1. The van der Waals surface area contributed by atoms with Gasteiger partial charge in [-0.3, -0.25) is 19.3 Å². The first-order chi connectivity index (χ1) is 19.3. The van der Waals surface area contributed by atoms with Gasteiger partial charge in [-0.25, -0.2) is 13.8 Å². The van der Waals surface area contributed by atoms with Crippen molar-refractivity contribution in [1.29, 1.82) is 0 Å². The van der Waals surface area contributed by atoms with Crippen molar-refractivity contribution in [3.63, 3.8) is 0 Å². The largest absolute Gasteiger partial charge is 0.485 e. The minimum atomic E-state index is -4.63. The third kappa shape index (κ3) is 6.83. The highest BCUT2D eigenvalue weighted by Gasteiger charge is 2.45. The number of ether oxygens (including phenoxy) is 1. The molecular formula is C28H29F5N4O4. The second-order valence-electron chi connectivity index (χ2n) is 10.0. The zero-order chi connectivity index (χ0) is 29.9. The number of hydrogen-bond donors (Lipinski definition) is 2. The Morgan fingerprint density at radius 2 is 1.83 bits per heavy atom. The number of primary amides is 1. The van der Waals surface area contributed by atoms with Crippen LogP contribution in [-0.2, 0) is 14.4 Å². The highest BCUT2D eigenvalue weighted by molar-refractivity contribution is 6.21. The Kier molecular flexibility index (Phi) is 8.64. The fourth-order valence-electron chi connectivity index (χ4n) is 5.09. The van der Waals surface area contributed by atoms with Crippen molar-refractivity contribution in [3.05, 3.63) is 59.7 Å². The number of carbonyl (C=O) groups excluding carboxylic acids is 3. The van der Waals surface area contributed by atoms with E-state index in [2.05, 4.69) is 10.3 Å². The Labute approximate surface area is 232 Å². The Morgan fingerprint density at radius 1 is 1.12 bits per heavy atom. The maximum atomic E-state index is 14.8. The van der Waals surface area contributed by atoms with Crippen LogP contribution in [0.25, 0.3) is 0 Å². The summed E-state index contributed by atoms with van der Waals surface area (Å²) in [5.74, 6) is -9.31. The minimum absolute atomic E-state index is 0.00317. The number of nitrogens with two attached hydrogens (primary N) is 1. The van der Waals surface area contributed by atoms with E-state index >= 15 is 0 Å². The number of para-hydroxylation sites is 1. The number of benzene rings is 2. The highest BCUT2D eigenvalue weighted by Crippen LogP contribution is 2.41. The van der Waals surface area contributed by atoms with Gasteiger partial charge in [-0.1, -0.05) is 55.8 Å². The number of halogens is 5. The number of amides is 3. The van der Waals surface area contributed by atoms with Gasteiger partial charge in [-0.2, -0.15) is 13.2 Å². The molecule has 0 radical (unpaired) electrons. The monoisotopic (exact) mass is 580 g/mol. The van der Waals surface area contributed by atoms with E-state index in [9.17, 15) is 36.3 Å². The van der Waals surface area contributed by atoms with Crippen molar-refractivity contribution in [2.75, 3.05) is 18.1 Å². The molecule has 220 valence electrons. The first-order valence-corrected chi connectivity index (χ1v) is 13.1. The second-order valence-corrected chi connectivity index (χ2v) is 10.0. The summed E-state index contributed by atoms with van der Waals surface area (Å²) in [6.07, 6.45) is -8.18. The third-order valence-corrected chi connectivity index (χ3v) is 6.96. The summed E-state index contributed by atoms with van der Waals surface area (Å²) in [7, 11) is 0. The van der Waals surface area contributed by atoms with Gasteiger partial charge in [-0.05, 0) is 18.9 Å². The summed E-state index contributed by atoms with van der Waals surface area (Å²) < 4.78 is 74.3. The molecule has 0 spiro atoms. The van der Waals surface area contributed by atoms with Crippen LogP contribution in [-0.4, -0.2) is 54.8 Å². The summed E-state index contributed by atoms with van der Waals surface area (Å²) in [6.45, 7) is -0.410. The van der Waals surface area contributed by atoms with Crippen LogP contribution in [0, 0.1) is 11.8 Å². The van der Waals surface area contributed by atoms with Gasteiger partial charge in [0.25, 0.3) is 11.8 Å². The van der Waals surface area contributed by atoms with Crippen molar-refractivity contribution in [1.82, 2.24) is 5.32 Å². The van der Waals surface area contributed by atoms with Gasteiger partial charge < -0.3 is 15.8 Å². The first kappa shape index (κ1) is 29.9. The molecule has 3 amide bonds. The number of rotatable bonds is 9. The molecule has 0 fully saturated rings. The van der Waals surface area contributed by atoms with Crippen molar-refractivity contribution >= 4 is 29.1 Å². The fourth-order valence-corrected chi connectivity index (χ4v) is 5.09. The predicted octanol–water partition coefficient (Wildman–Crippen LogP) is 4.20. The molecule has 3 atom stereocenters. The second kappa shape index (κ2) is 11.8. The maximum Gasteiger partial charge on any atom is 0.389 e. The van der Waals surface area contributed by atoms with Crippen LogP contribution >= 0.6 is 0 Å². The van der Waals surface area contributed by atoms with Gasteiger partial charge in [0.1, 0.15) is 5.75 Å². The smallest absolute Gasteiger partial charge is 0.389 e. The summed E-state index contributed by atoms with van der Waals surface area (Å²) in [6, 6.07) is 13.0. The lowest BCUT2D eigenvalue weighted by Crippen LogP contribution is -2.52. The predicted molar refractivity (Wildman–Crippen MR) is 140 cm³/mol. The van der Waals surface area contributed by atoms with Crippen molar-refractivity contribution < 1.29 is 41.1 Å². The van der Waals surface area contributed by atoms with Gasteiger partial charge >= 0.3 is 6.18 Å². The topological polar surface area (TPSA) is 114 Å². The Bertz CT molecular complexity index is 1330. The molecule has 2 heterocycles. The Morgan fingerprint density at radius 3 is 2.46 bits per heavy atom. The molecule has 41 heavy (non-hydrogen) atoms. The molecule has 4 rings (SSSR count). The average molecular weight is 581 g/mol. The summed E-state index contributed by atoms with van der Waals surface area (Å²) in [5.41, 5.74) is 6.43. The molecule has 0 saturated carbocycles. The number of nitrogens with zero attached hydrogens (tertiary/aromatic N) is 2. The minimum Gasteiger partial charge on any atom is -0.485 e. The lowest BCUT2D eigenvalue weighted by atomic mass is 9.83. The lowest BCUT2D eigenvalue weighted by molar-refractivity contribution is -0.146. The van der Waals surface area contributed by atoms with Gasteiger partial charge in [0.2, 0.25) is 18.0 Å². The Balaban J connectivity index is 1.80. The molecule has 2 aromatic carbocycles. The van der Waals surface area contributed by atoms with Crippen LogP contribution in [0.4, 0.5) is 27.6 Å². The van der Waals surface area contributed by atoms with E-state index in [1.807, 2.05) is 0 Å². The summed E-state index contributed by atoms with van der Waals surface area (Å²) >= 11 is 0. The van der Waals surface area contributed by atoms with E-state index in [0.717, 1.165) is 4.90 Å². The van der Waals surface area contributed by atoms with Crippen LogP contribution in [0.1, 0.15) is 43.7 Å². The molecule has 2 aromatic rings. The number of hydrogen-bond acceptors (Lipinski definition) is 5. The molecule has 3 unspecified atom stereocenters. The molecule has 2 aliphatic rings. The molecule has 8 nitrogen and oxygen atoms in total. The Hall–Kier alpha value is -4.03. The van der Waals surface area contributed by atoms with E-state index in [-0.39, 0.29) is 29.1 Å². The molecule has 3 N–H and O–H groups in total. The summed E-state index contributed by atoms with van der Waals surface area (Å²) in [5, 5.41) is 2.35. The number of anilines is 1. The van der Waals surface area contributed by atoms with Crippen molar-refractivity contribution in [3.8, 4) is 5.75 Å². The number of alkyl halides is 5. The number of carbonyl (C=O) groups is 3. The SMILES string of the molecule is CCCC(C(N)=O)C(CCC(F)(F)F)C(=O)NC1N=C(c2ccccc2)c2cccc3c2N(CC(F)(F)CO3)C1=O. The van der Waals surface area contributed by atoms with Gasteiger partial charge in [0, 0.05) is 29.4 Å². The zero-order valence-electron chi connectivity index (χ0n) is 22.1. The van der Waals surface area contributed by atoms with Crippen LogP contribution in [0.2, 0.25) is 0 Å².